The van der Waals surface area contributed by atoms with Gasteiger partial charge in [0.15, 0.2) is 5.82 Å². The Hall–Kier alpha value is -2.70. The number of nitrogens with one attached hydrogen (secondary N) is 1. The van der Waals surface area contributed by atoms with Crippen LogP contribution in [0.25, 0.3) is 5.82 Å². The lowest BCUT2D eigenvalue weighted by molar-refractivity contribution is -0.141. The highest BCUT2D eigenvalue weighted by Crippen LogP contribution is 2.11. The van der Waals surface area contributed by atoms with Crippen LogP contribution >= 0.6 is 0 Å². The molecule has 2 heterocycles. The lowest BCUT2D eigenvalue weighted by atomic mass is 10.0. The predicted octanol–water partition coefficient (Wildman–Crippen LogP) is 1.72. The Labute approximate surface area is 134 Å². The molecule has 0 fully saturated rings. The number of carbonyl (C=O) groups is 2. The van der Waals surface area contributed by atoms with Gasteiger partial charge in [-0.3, -0.25) is 9.59 Å². The molecule has 2 aromatic heterocycles. The summed E-state index contributed by atoms with van der Waals surface area (Å²) in [7, 11) is 0. The first-order chi connectivity index (χ1) is 10.8. The third-order valence-corrected chi connectivity index (χ3v) is 3.73. The number of nitrogens with zero attached hydrogens (tertiary/aromatic N) is 3. The van der Waals surface area contributed by atoms with Crippen LogP contribution in [0.15, 0.2) is 24.4 Å². The molecule has 0 radical (unpaired) electrons. The second kappa shape index (κ2) is 6.60. The molecule has 1 amide bonds. The van der Waals surface area contributed by atoms with Crippen LogP contribution in [0, 0.1) is 19.8 Å². The van der Waals surface area contributed by atoms with Crippen LogP contribution in [0.3, 0.4) is 0 Å². The molecule has 122 valence electrons. The van der Waals surface area contributed by atoms with E-state index in [1.165, 1.54) is 6.20 Å². The van der Waals surface area contributed by atoms with Gasteiger partial charge in [0.1, 0.15) is 0 Å². The molecule has 0 aliphatic carbocycles. The molecule has 2 atom stereocenters. The number of carboxylic acids is 1. The van der Waals surface area contributed by atoms with Gasteiger partial charge in [0.25, 0.3) is 5.91 Å². The minimum absolute atomic E-state index is 0.349. The summed E-state index contributed by atoms with van der Waals surface area (Å²) in [5.74, 6) is -1.34. The lowest BCUT2D eigenvalue weighted by Crippen LogP contribution is -2.40. The largest absolute Gasteiger partial charge is 0.481 e. The molecular weight excluding hydrogens is 296 g/mol. The van der Waals surface area contributed by atoms with Crippen molar-refractivity contribution in [2.45, 2.75) is 33.7 Å². The number of aromatic nitrogens is 3. The fourth-order valence-electron chi connectivity index (χ4n) is 2.14. The van der Waals surface area contributed by atoms with Crippen LogP contribution in [-0.4, -0.2) is 37.8 Å². The number of pyridine rings is 1. The molecule has 0 aliphatic heterocycles. The molecule has 2 N–H and O–H groups in total. The number of hydrogen-bond acceptors (Lipinski definition) is 4. The zero-order valence-corrected chi connectivity index (χ0v) is 13.6. The topological polar surface area (TPSA) is 97.1 Å². The smallest absolute Gasteiger partial charge is 0.308 e. The van der Waals surface area contributed by atoms with Crippen LogP contribution in [0.2, 0.25) is 0 Å². The maximum absolute atomic E-state index is 12.1. The number of carboxylic acid groups (broad SMARTS) is 1. The maximum atomic E-state index is 12.1. The van der Waals surface area contributed by atoms with Crippen LogP contribution in [-0.2, 0) is 4.79 Å². The number of rotatable bonds is 5. The van der Waals surface area contributed by atoms with Gasteiger partial charge in [0.2, 0.25) is 0 Å². The molecule has 23 heavy (non-hydrogen) atoms. The molecular formula is C16H20N4O3. The molecule has 7 heteroatoms. The first kappa shape index (κ1) is 16.7. The Morgan fingerprint density at radius 3 is 2.43 bits per heavy atom. The highest BCUT2D eigenvalue weighted by atomic mass is 16.4. The van der Waals surface area contributed by atoms with Crippen molar-refractivity contribution < 1.29 is 14.7 Å². The molecule has 0 saturated carbocycles. The van der Waals surface area contributed by atoms with Gasteiger partial charge in [-0.2, -0.15) is 5.10 Å². The highest BCUT2D eigenvalue weighted by molar-refractivity contribution is 5.94. The van der Waals surface area contributed by atoms with E-state index in [9.17, 15) is 9.59 Å². The van der Waals surface area contributed by atoms with Gasteiger partial charge >= 0.3 is 5.97 Å². The van der Waals surface area contributed by atoms with Crippen molar-refractivity contribution in [3.8, 4) is 5.82 Å². The summed E-state index contributed by atoms with van der Waals surface area (Å²) < 4.78 is 1.70. The van der Waals surface area contributed by atoms with E-state index in [-0.39, 0.29) is 5.91 Å². The van der Waals surface area contributed by atoms with Gasteiger partial charge in [0.05, 0.1) is 17.2 Å². The summed E-state index contributed by atoms with van der Waals surface area (Å²) in [6.07, 6.45) is 1.46. The van der Waals surface area contributed by atoms with Gasteiger partial charge in [-0.1, -0.05) is 0 Å². The van der Waals surface area contributed by atoms with E-state index in [0.717, 1.165) is 11.4 Å². The minimum Gasteiger partial charge on any atom is -0.481 e. The molecule has 0 aliphatic rings. The summed E-state index contributed by atoms with van der Waals surface area (Å²) in [6, 6.07) is 4.82. The average molecular weight is 316 g/mol. The van der Waals surface area contributed by atoms with E-state index in [4.69, 9.17) is 5.11 Å². The fraction of sp³-hybridized carbons (Fsp3) is 0.375. The van der Waals surface area contributed by atoms with E-state index < -0.39 is 17.9 Å². The van der Waals surface area contributed by atoms with Crippen molar-refractivity contribution >= 4 is 11.9 Å². The van der Waals surface area contributed by atoms with Crippen LogP contribution in [0.4, 0.5) is 0 Å². The van der Waals surface area contributed by atoms with Crippen molar-refractivity contribution in [3.63, 3.8) is 0 Å². The Kier molecular flexibility index (Phi) is 4.78. The fourth-order valence-corrected chi connectivity index (χ4v) is 2.14. The summed E-state index contributed by atoms with van der Waals surface area (Å²) in [4.78, 5) is 27.3. The zero-order valence-electron chi connectivity index (χ0n) is 13.6. The first-order valence-corrected chi connectivity index (χ1v) is 7.33. The molecule has 0 aromatic carbocycles. The van der Waals surface area contributed by atoms with Gasteiger partial charge in [-0.05, 0) is 45.9 Å². The predicted molar refractivity (Wildman–Crippen MR) is 84.6 cm³/mol. The normalized spacial score (nSPS) is 13.4. The number of aryl methyl sites for hydroxylation is 2. The van der Waals surface area contributed by atoms with E-state index >= 15 is 0 Å². The van der Waals surface area contributed by atoms with Gasteiger partial charge in [0, 0.05) is 17.9 Å². The zero-order chi connectivity index (χ0) is 17.1. The molecule has 7 nitrogen and oxygen atoms in total. The SMILES string of the molecule is Cc1cc(C)n(-c2ccc(C(=O)NC(C)C(C)C(=O)O)cn2)n1. The van der Waals surface area contributed by atoms with Crippen molar-refractivity contribution in [2.24, 2.45) is 5.92 Å². The van der Waals surface area contributed by atoms with Gasteiger partial charge in [-0.25, -0.2) is 9.67 Å². The standard InChI is InChI=1S/C16H20N4O3/c1-9-7-10(2)20(19-9)14-6-5-13(8-17-14)15(21)18-12(4)11(3)16(22)23/h5-8,11-12H,1-4H3,(H,18,21)(H,22,23). The highest BCUT2D eigenvalue weighted by Gasteiger charge is 2.21. The first-order valence-electron chi connectivity index (χ1n) is 7.33. The molecule has 0 spiro atoms. The van der Waals surface area contributed by atoms with E-state index in [2.05, 4.69) is 15.4 Å². The quantitative estimate of drug-likeness (QED) is 0.875. The monoisotopic (exact) mass is 316 g/mol. The summed E-state index contributed by atoms with van der Waals surface area (Å²) in [6.45, 7) is 7.04. The summed E-state index contributed by atoms with van der Waals surface area (Å²) in [5.41, 5.74) is 2.22. The third-order valence-electron chi connectivity index (χ3n) is 3.73. The van der Waals surface area contributed by atoms with Crippen molar-refractivity contribution in [2.75, 3.05) is 0 Å². The molecule has 2 unspecified atom stereocenters. The van der Waals surface area contributed by atoms with Crippen LogP contribution in [0.1, 0.15) is 35.6 Å². The summed E-state index contributed by atoms with van der Waals surface area (Å²) >= 11 is 0. The maximum Gasteiger partial charge on any atom is 0.308 e. The van der Waals surface area contributed by atoms with Crippen molar-refractivity contribution in [3.05, 3.63) is 41.3 Å². The average Bonchev–Trinajstić information content (AvgIpc) is 2.85. The van der Waals surface area contributed by atoms with Crippen LogP contribution in [0.5, 0.6) is 0 Å². The van der Waals surface area contributed by atoms with E-state index in [1.54, 1.807) is 30.7 Å². The Morgan fingerprint density at radius 1 is 1.26 bits per heavy atom. The minimum atomic E-state index is -0.948. The van der Waals surface area contributed by atoms with Gasteiger partial charge < -0.3 is 10.4 Å². The van der Waals surface area contributed by atoms with Gasteiger partial charge in [-0.15, -0.1) is 0 Å². The second-order valence-corrected chi connectivity index (χ2v) is 5.63. The number of aliphatic carboxylic acids is 1. The van der Waals surface area contributed by atoms with E-state index in [0.29, 0.717) is 11.4 Å². The summed E-state index contributed by atoms with van der Waals surface area (Å²) in [5, 5.41) is 16.0. The van der Waals surface area contributed by atoms with Crippen molar-refractivity contribution in [1.82, 2.24) is 20.1 Å². The number of amides is 1. The number of hydrogen-bond donors (Lipinski definition) is 2. The third kappa shape index (κ3) is 3.74. The molecule has 0 saturated heterocycles. The molecule has 2 rings (SSSR count). The Balaban J connectivity index is 2.12. The van der Waals surface area contributed by atoms with Crippen LogP contribution < -0.4 is 5.32 Å². The lowest BCUT2D eigenvalue weighted by Gasteiger charge is -2.17. The second-order valence-electron chi connectivity index (χ2n) is 5.63. The van der Waals surface area contributed by atoms with E-state index in [1.807, 2.05) is 19.9 Å². The van der Waals surface area contributed by atoms with Crippen molar-refractivity contribution in [1.29, 1.82) is 0 Å². The number of carbonyl (C=O) groups excluding carboxylic acids is 1. The molecule has 0 bridgehead atoms. The Bertz CT molecular complexity index is 721. The Morgan fingerprint density at radius 2 is 1.96 bits per heavy atom. The molecule has 2 aromatic rings.